The Bertz CT molecular complexity index is 234. The first-order valence-corrected chi connectivity index (χ1v) is 5.25. The van der Waals surface area contributed by atoms with Crippen LogP contribution in [0.4, 0.5) is 0 Å². The lowest BCUT2D eigenvalue weighted by atomic mass is 9.92. The van der Waals surface area contributed by atoms with Gasteiger partial charge in [-0.3, -0.25) is 9.69 Å². The van der Waals surface area contributed by atoms with Crippen LogP contribution in [0.5, 0.6) is 0 Å². The number of hydrogen-bond acceptors (Lipinski definition) is 3. The number of ketones is 1. The number of carbonyl (C=O) groups excluding carboxylic acids is 1. The lowest BCUT2D eigenvalue weighted by Crippen LogP contribution is -2.40. The lowest BCUT2D eigenvalue weighted by molar-refractivity contribution is -0.121. The molecule has 78 valence electrons. The number of carbonyl (C=O) groups is 1. The summed E-state index contributed by atoms with van der Waals surface area (Å²) < 4.78 is 0. The predicted molar refractivity (Wildman–Crippen MR) is 54.7 cm³/mol. The molecule has 0 aromatic rings. The van der Waals surface area contributed by atoms with Crippen LogP contribution in [0.2, 0.25) is 0 Å². The summed E-state index contributed by atoms with van der Waals surface area (Å²) in [6, 6.07) is 2.99. The van der Waals surface area contributed by atoms with Crippen molar-refractivity contribution in [1.29, 1.82) is 5.26 Å². The minimum atomic E-state index is 0.304. The molecule has 3 nitrogen and oxygen atoms in total. The van der Waals surface area contributed by atoms with E-state index in [0.717, 1.165) is 12.8 Å². The topological polar surface area (TPSA) is 44.1 Å². The van der Waals surface area contributed by atoms with Gasteiger partial charge in [0, 0.05) is 24.9 Å². The fraction of sp³-hybridized carbons (Fsp3) is 0.818. The monoisotopic (exact) mass is 194 g/mol. The maximum Gasteiger partial charge on any atom is 0.133 e. The summed E-state index contributed by atoms with van der Waals surface area (Å²) in [5.74, 6) is 0.391. The average molecular weight is 194 g/mol. The number of hydrogen-bond donors (Lipinski definition) is 0. The quantitative estimate of drug-likeness (QED) is 0.687. The van der Waals surface area contributed by atoms with Gasteiger partial charge in [0.1, 0.15) is 5.78 Å². The Labute approximate surface area is 85.7 Å². The van der Waals surface area contributed by atoms with Crippen LogP contribution in [0.3, 0.4) is 0 Å². The summed E-state index contributed by atoms with van der Waals surface area (Å²) in [7, 11) is 2.06. The van der Waals surface area contributed by atoms with Gasteiger partial charge in [0.25, 0.3) is 0 Å². The molecule has 14 heavy (non-hydrogen) atoms. The van der Waals surface area contributed by atoms with E-state index in [-0.39, 0.29) is 0 Å². The molecule has 3 heteroatoms. The van der Waals surface area contributed by atoms with Gasteiger partial charge in [0.2, 0.25) is 0 Å². The van der Waals surface area contributed by atoms with Crippen molar-refractivity contribution in [3.8, 4) is 6.07 Å². The SMILES string of the molecule is CC(CC#N)N(C)C1CCC(=O)CC1. The Morgan fingerprint density at radius 2 is 2.14 bits per heavy atom. The molecule has 1 aliphatic carbocycles. The minimum Gasteiger partial charge on any atom is -0.300 e. The second kappa shape index (κ2) is 5.11. The zero-order chi connectivity index (χ0) is 10.6. The van der Waals surface area contributed by atoms with Gasteiger partial charge < -0.3 is 0 Å². The minimum absolute atomic E-state index is 0.304. The summed E-state index contributed by atoms with van der Waals surface area (Å²) in [4.78, 5) is 13.3. The summed E-state index contributed by atoms with van der Waals surface area (Å²) in [6.45, 7) is 2.07. The van der Waals surface area contributed by atoms with Crippen molar-refractivity contribution in [2.24, 2.45) is 0 Å². The van der Waals surface area contributed by atoms with E-state index in [4.69, 9.17) is 5.26 Å². The smallest absolute Gasteiger partial charge is 0.133 e. The van der Waals surface area contributed by atoms with Crippen molar-refractivity contribution in [1.82, 2.24) is 4.90 Å². The molecule has 1 fully saturated rings. The Morgan fingerprint density at radius 1 is 1.57 bits per heavy atom. The molecule has 0 radical (unpaired) electrons. The lowest BCUT2D eigenvalue weighted by Gasteiger charge is -2.34. The fourth-order valence-electron chi connectivity index (χ4n) is 1.97. The van der Waals surface area contributed by atoms with Gasteiger partial charge in [-0.05, 0) is 26.8 Å². The van der Waals surface area contributed by atoms with Crippen molar-refractivity contribution in [2.75, 3.05) is 7.05 Å². The molecular weight excluding hydrogens is 176 g/mol. The van der Waals surface area contributed by atoms with Crippen LogP contribution in [0.1, 0.15) is 39.0 Å². The first-order chi connectivity index (χ1) is 6.65. The van der Waals surface area contributed by atoms with Crippen LogP contribution < -0.4 is 0 Å². The highest BCUT2D eigenvalue weighted by Gasteiger charge is 2.24. The van der Waals surface area contributed by atoms with E-state index in [1.807, 2.05) is 0 Å². The molecule has 1 aliphatic rings. The van der Waals surface area contributed by atoms with E-state index in [0.29, 0.717) is 37.1 Å². The molecule has 1 rings (SSSR count). The Kier molecular flexibility index (Phi) is 4.09. The number of rotatable bonds is 3. The van der Waals surface area contributed by atoms with Gasteiger partial charge in [-0.2, -0.15) is 5.26 Å². The molecular formula is C11H18N2O. The van der Waals surface area contributed by atoms with Crippen LogP contribution in [0, 0.1) is 11.3 Å². The molecule has 0 spiro atoms. The van der Waals surface area contributed by atoms with E-state index in [9.17, 15) is 4.79 Å². The molecule has 0 N–H and O–H groups in total. The molecule has 0 bridgehead atoms. The van der Waals surface area contributed by atoms with Gasteiger partial charge in [-0.25, -0.2) is 0 Å². The Morgan fingerprint density at radius 3 is 2.64 bits per heavy atom. The molecule has 1 unspecified atom stereocenters. The molecule has 0 amide bonds. The van der Waals surface area contributed by atoms with Crippen LogP contribution in [0.25, 0.3) is 0 Å². The van der Waals surface area contributed by atoms with Crippen molar-refractivity contribution >= 4 is 5.78 Å². The van der Waals surface area contributed by atoms with Gasteiger partial charge in [-0.15, -0.1) is 0 Å². The Hall–Kier alpha value is -0.880. The third-order valence-corrected chi connectivity index (χ3v) is 3.17. The van der Waals surface area contributed by atoms with E-state index in [1.54, 1.807) is 0 Å². The molecule has 0 aromatic carbocycles. The van der Waals surface area contributed by atoms with Crippen molar-refractivity contribution in [3.63, 3.8) is 0 Å². The van der Waals surface area contributed by atoms with Crippen LogP contribution in [-0.4, -0.2) is 29.8 Å². The summed E-state index contributed by atoms with van der Waals surface area (Å²) in [6.07, 6.45) is 3.93. The maximum atomic E-state index is 11.1. The van der Waals surface area contributed by atoms with Crippen molar-refractivity contribution < 1.29 is 4.79 Å². The average Bonchev–Trinajstić information content (AvgIpc) is 2.18. The summed E-state index contributed by atoms with van der Waals surface area (Å²) >= 11 is 0. The van der Waals surface area contributed by atoms with Crippen molar-refractivity contribution in [2.45, 2.75) is 51.1 Å². The van der Waals surface area contributed by atoms with Gasteiger partial charge in [0.15, 0.2) is 0 Å². The summed E-state index contributed by atoms with van der Waals surface area (Å²) in [5, 5.41) is 8.60. The first kappa shape index (κ1) is 11.2. The normalized spacial score (nSPS) is 20.9. The molecule has 1 atom stereocenters. The Balaban J connectivity index is 2.41. The third kappa shape index (κ3) is 2.81. The number of nitriles is 1. The standard InChI is InChI=1S/C11H18N2O/c1-9(7-8-12)13(2)10-3-5-11(14)6-4-10/h9-10H,3-7H2,1-2H3. The maximum absolute atomic E-state index is 11.1. The highest BCUT2D eigenvalue weighted by molar-refractivity contribution is 5.79. The van der Waals surface area contributed by atoms with E-state index in [2.05, 4.69) is 24.9 Å². The molecule has 1 saturated carbocycles. The van der Waals surface area contributed by atoms with Gasteiger partial charge >= 0.3 is 0 Å². The largest absolute Gasteiger partial charge is 0.300 e. The number of Topliss-reactive ketones (excluding diaryl/α,β-unsaturated/α-hetero) is 1. The first-order valence-electron chi connectivity index (χ1n) is 5.25. The van der Waals surface area contributed by atoms with Crippen LogP contribution >= 0.6 is 0 Å². The fourth-order valence-corrected chi connectivity index (χ4v) is 1.97. The van der Waals surface area contributed by atoms with Gasteiger partial charge in [0.05, 0.1) is 12.5 Å². The highest BCUT2D eigenvalue weighted by atomic mass is 16.1. The van der Waals surface area contributed by atoms with Crippen LogP contribution in [0.15, 0.2) is 0 Å². The molecule has 0 saturated heterocycles. The molecule has 0 heterocycles. The third-order valence-electron chi connectivity index (χ3n) is 3.17. The second-order valence-electron chi connectivity index (χ2n) is 4.15. The summed E-state index contributed by atoms with van der Waals surface area (Å²) in [5.41, 5.74) is 0. The van der Waals surface area contributed by atoms with Crippen LogP contribution in [-0.2, 0) is 4.79 Å². The molecule has 0 aromatic heterocycles. The molecule has 0 aliphatic heterocycles. The van der Waals surface area contributed by atoms with E-state index in [1.165, 1.54) is 0 Å². The second-order valence-corrected chi connectivity index (χ2v) is 4.15. The predicted octanol–water partition coefficient (Wildman–Crippen LogP) is 1.73. The van der Waals surface area contributed by atoms with E-state index >= 15 is 0 Å². The number of nitrogens with zero attached hydrogens (tertiary/aromatic N) is 2. The van der Waals surface area contributed by atoms with Crippen molar-refractivity contribution in [3.05, 3.63) is 0 Å². The highest BCUT2D eigenvalue weighted by Crippen LogP contribution is 2.21. The zero-order valence-electron chi connectivity index (χ0n) is 8.99. The van der Waals surface area contributed by atoms with Gasteiger partial charge in [-0.1, -0.05) is 0 Å². The van der Waals surface area contributed by atoms with E-state index < -0.39 is 0 Å². The zero-order valence-corrected chi connectivity index (χ0v) is 8.99.